The Morgan fingerprint density at radius 2 is 1.27 bits per heavy atom. The van der Waals surface area contributed by atoms with Crippen LogP contribution in [0.2, 0.25) is 0 Å². The molecule has 4 aliphatic carbocycles. The average Bonchev–Trinajstić information content (AvgIpc) is 3.64. The van der Waals surface area contributed by atoms with Gasteiger partial charge in [-0.1, -0.05) is 39.3 Å². The molecule has 9 aliphatic rings. The second-order valence-corrected chi connectivity index (χ2v) is 21.2. The Kier molecular flexibility index (Phi) is 13.3. The lowest BCUT2D eigenvalue weighted by atomic mass is 9.46. The van der Waals surface area contributed by atoms with Gasteiger partial charge in [-0.3, -0.25) is 0 Å². The van der Waals surface area contributed by atoms with Crippen molar-refractivity contribution in [1.82, 2.24) is 0 Å². The van der Waals surface area contributed by atoms with E-state index in [1.807, 2.05) is 0 Å². The average molecular weight is 917 g/mol. The van der Waals surface area contributed by atoms with E-state index in [4.69, 9.17) is 37.9 Å². The van der Waals surface area contributed by atoms with Crippen molar-refractivity contribution in [3.8, 4) is 0 Å². The van der Waals surface area contributed by atoms with Crippen LogP contribution >= 0.6 is 0 Å². The molecule has 3 saturated carbocycles. The molecule has 0 unspecified atom stereocenters. The molecule has 19 heteroatoms. The molecule has 8 fully saturated rings. The van der Waals surface area contributed by atoms with E-state index in [-0.39, 0.29) is 29.0 Å². The molecular weight excluding hydrogens is 844 g/mol. The second-order valence-electron chi connectivity index (χ2n) is 21.2. The zero-order valence-corrected chi connectivity index (χ0v) is 37.2. The third kappa shape index (κ3) is 7.42. The fraction of sp³-hybridized carbons (Fsp3) is 0.956. The van der Waals surface area contributed by atoms with Gasteiger partial charge in [0, 0.05) is 17.8 Å². The lowest BCUT2D eigenvalue weighted by Crippen LogP contribution is -2.67. The second kappa shape index (κ2) is 17.7. The highest BCUT2D eigenvalue weighted by atomic mass is 16.8. The molecule has 0 aromatic carbocycles. The zero-order valence-electron chi connectivity index (χ0n) is 37.2. The summed E-state index contributed by atoms with van der Waals surface area (Å²) in [5.74, 6) is 0.691. The van der Waals surface area contributed by atoms with Crippen molar-refractivity contribution >= 4 is 0 Å². The summed E-state index contributed by atoms with van der Waals surface area (Å²) in [6.07, 6.45) is -15.8. The maximum atomic E-state index is 12.8. The van der Waals surface area contributed by atoms with Crippen LogP contribution in [0.4, 0.5) is 0 Å². The quantitative estimate of drug-likeness (QED) is 0.115. The van der Waals surface area contributed by atoms with Gasteiger partial charge in [0.05, 0.1) is 38.6 Å². The Morgan fingerprint density at radius 1 is 0.656 bits per heavy atom. The van der Waals surface area contributed by atoms with Gasteiger partial charge in [0.1, 0.15) is 78.8 Å². The summed E-state index contributed by atoms with van der Waals surface area (Å²) in [6, 6.07) is 0. The normalized spacial score (nSPS) is 57.4. The summed E-state index contributed by atoms with van der Waals surface area (Å²) < 4.78 is 48.6. The number of aliphatic hydroxyl groups excluding tert-OH is 10. The predicted molar refractivity (Wildman–Crippen MR) is 217 cm³/mol. The minimum atomic E-state index is -1.90. The Morgan fingerprint density at radius 3 is 1.94 bits per heavy atom. The van der Waals surface area contributed by atoms with Crippen LogP contribution in [0.5, 0.6) is 0 Å². The fourth-order valence-electron chi connectivity index (χ4n) is 14.0. The van der Waals surface area contributed by atoms with Crippen LogP contribution in [-0.2, 0) is 37.9 Å². The number of allylic oxidation sites excluding steroid dienone is 1. The number of fused-ring (bicyclic) bond motifs is 7. The van der Waals surface area contributed by atoms with E-state index < -0.39 is 123 Å². The monoisotopic (exact) mass is 916 g/mol. The first-order chi connectivity index (χ1) is 30.3. The first kappa shape index (κ1) is 48.0. The van der Waals surface area contributed by atoms with Gasteiger partial charge in [-0.15, -0.1) is 0 Å². The molecule has 11 N–H and O–H groups in total. The maximum Gasteiger partial charge on any atom is 0.187 e. The summed E-state index contributed by atoms with van der Waals surface area (Å²) in [5, 5.41) is 119. The molecule has 64 heavy (non-hydrogen) atoms. The van der Waals surface area contributed by atoms with Crippen molar-refractivity contribution in [2.24, 2.45) is 40.4 Å². The van der Waals surface area contributed by atoms with Crippen molar-refractivity contribution in [3.05, 3.63) is 11.6 Å². The Bertz CT molecular complexity index is 1680. The van der Waals surface area contributed by atoms with Gasteiger partial charge >= 0.3 is 0 Å². The molecule has 0 amide bonds. The van der Waals surface area contributed by atoms with E-state index in [0.29, 0.717) is 43.1 Å². The third-order valence-corrected chi connectivity index (χ3v) is 18.0. The summed E-state index contributed by atoms with van der Waals surface area (Å²) >= 11 is 0. The lowest BCUT2D eigenvalue weighted by Gasteiger charge is -2.60. The van der Waals surface area contributed by atoms with Gasteiger partial charge in [0.2, 0.25) is 0 Å². The van der Waals surface area contributed by atoms with Gasteiger partial charge in [0.25, 0.3) is 0 Å². The molecule has 5 saturated heterocycles. The third-order valence-electron chi connectivity index (χ3n) is 18.0. The molecule has 26 atom stereocenters. The highest BCUT2D eigenvalue weighted by Gasteiger charge is 2.76. The van der Waals surface area contributed by atoms with Crippen molar-refractivity contribution in [3.63, 3.8) is 0 Å². The van der Waals surface area contributed by atoms with Crippen molar-refractivity contribution in [1.29, 1.82) is 0 Å². The molecule has 366 valence electrons. The van der Waals surface area contributed by atoms with E-state index in [0.717, 1.165) is 44.9 Å². The lowest BCUT2D eigenvalue weighted by molar-refractivity contribution is -0.390. The van der Waals surface area contributed by atoms with Gasteiger partial charge < -0.3 is 94.1 Å². The van der Waals surface area contributed by atoms with Gasteiger partial charge in [-0.25, -0.2) is 0 Å². The summed E-state index contributed by atoms with van der Waals surface area (Å²) in [5.41, 5.74) is -0.0969. The van der Waals surface area contributed by atoms with Crippen LogP contribution in [0.25, 0.3) is 0 Å². The number of hydrogen-bond donors (Lipinski definition) is 11. The van der Waals surface area contributed by atoms with E-state index in [1.165, 1.54) is 5.57 Å². The Labute approximate surface area is 373 Å². The molecule has 0 bridgehead atoms. The predicted octanol–water partition coefficient (Wildman–Crippen LogP) is -1.70. The smallest absolute Gasteiger partial charge is 0.187 e. The number of aliphatic hydroxyl groups is 11. The molecule has 0 aromatic heterocycles. The molecule has 19 nitrogen and oxygen atoms in total. The molecule has 5 heterocycles. The van der Waals surface area contributed by atoms with Crippen molar-refractivity contribution in [2.75, 3.05) is 26.4 Å². The van der Waals surface area contributed by atoms with E-state index >= 15 is 0 Å². The van der Waals surface area contributed by atoms with Crippen LogP contribution in [0, 0.1) is 40.4 Å². The van der Waals surface area contributed by atoms with E-state index in [1.54, 1.807) is 0 Å². The molecule has 5 aliphatic heterocycles. The van der Waals surface area contributed by atoms with Crippen LogP contribution in [0.3, 0.4) is 0 Å². The molecule has 0 aromatic rings. The molecular formula is C45H72O19. The fourth-order valence-corrected chi connectivity index (χ4v) is 14.0. The minimum absolute atomic E-state index is 0.0996. The van der Waals surface area contributed by atoms with E-state index in [9.17, 15) is 56.2 Å². The minimum Gasteiger partial charge on any atom is -0.394 e. The van der Waals surface area contributed by atoms with Crippen molar-refractivity contribution in [2.45, 2.75) is 201 Å². The number of rotatable bonds is 9. The zero-order chi connectivity index (χ0) is 45.8. The highest BCUT2D eigenvalue weighted by molar-refractivity contribution is 5.29. The Hall–Kier alpha value is -1.02. The van der Waals surface area contributed by atoms with Crippen LogP contribution in [0.15, 0.2) is 11.6 Å². The highest BCUT2D eigenvalue weighted by Crippen LogP contribution is 2.72. The van der Waals surface area contributed by atoms with Crippen molar-refractivity contribution < 1.29 is 94.1 Å². The standard InChI is InChI=1S/C45H72O19/c1-19-7-12-44(57-18-19)20(2)45(56)29(64-44)14-25-23-6-5-21-13-22(8-10-42(21,3)24(23)9-11-43(25,45)4)58-39-36(55)34(53)37(28(17-48)61-39)62-41-38(33(52)31(50)27(16-47)60-41)63-40-35(54)32(51)30(49)26(15-46)59-40/h5,19-20,22-41,46-56H,6-18H2,1-4H3/t19-,20-,22+,23-,24+,25+,26-,27-,28-,29+,30-,31-,32+,33+,34-,35-,36-,37+,38-,39-,40+,41+,42+,43+,44-,45-/m1/s1. The summed E-state index contributed by atoms with van der Waals surface area (Å²) in [4.78, 5) is 0. The van der Waals surface area contributed by atoms with Crippen LogP contribution in [0.1, 0.15) is 85.5 Å². The van der Waals surface area contributed by atoms with Crippen LogP contribution in [-0.4, -0.2) is 198 Å². The first-order valence-corrected chi connectivity index (χ1v) is 23.6. The van der Waals surface area contributed by atoms with Gasteiger partial charge in [0.15, 0.2) is 24.7 Å². The number of hydrogen-bond acceptors (Lipinski definition) is 19. The molecule has 1 spiro atoms. The largest absolute Gasteiger partial charge is 0.394 e. The summed E-state index contributed by atoms with van der Waals surface area (Å²) in [7, 11) is 0. The summed E-state index contributed by atoms with van der Waals surface area (Å²) in [6.45, 7) is 7.34. The molecule has 0 radical (unpaired) electrons. The first-order valence-electron chi connectivity index (χ1n) is 23.6. The van der Waals surface area contributed by atoms with Gasteiger partial charge in [-0.05, 0) is 80.5 Å². The molecule has 9 rings (SSSR count). The maximum absolute atomic E-state index is 12.8. The van der Waals surface area contributed by atoms with E-state index in [2.05, 4.69) is 33.8 Å². The number of ether oxygens (including phenoxy) is 8. The SMILES string of the molecule is C[C@@H]1CC[C@@]2(OC1)O[C@H]1C[C@H]3[C@@H]4CC=C5C[C@@H](O[C@@H]6O[C@H](CO)[C@H](O[C@@H]7O[C@H](CO)[C@@H](O)[C@H](O)[C@H]7O[C@@H]7O[C@H](CO)[C@@H](O)[C@H](O)[C@H]7O)[C@H](O)[C@H]6O)CC[C@]5(C)[C@H]4CC[C@]3(C)[C@@]1(O)[C@@H]2C. The van der Waals surface area contributed by atoms with Gasteiger partial charge in [-0.2, -0.15) is 0 Å². The Balaban J connectivity index is 0.856. The topological polar surface area (TPSA) is 296 Å². The van der Waals surface area contributed by atoms with Crippen LogP contribution < -0.4 is 0 Å².